The molecule has 0 aliphatic carbocycles. The van der Waals surface area contributed by atoms with Crippen molar-refractivity contribution >= 4 is 35.3 Å². The van der Waals surface area contributed by atoms with Crippen LogP contribution in [0.5, 0.6) is 0 Å². The van der Waals surface area contributed by atoms with E-state index >= 15 is 0 Å². The van der Waals surface area contributed by atoms with Crippen molar-refractivity contribution in [3.8, 4) is 22.5 Å². The summed E-state index contributed by atoms with van der Waals surface area (Å²) in [7, 11) is -1.50. The molecule has 0 amide bonds. The molecule has 0 N–H and O–H groups in total. The molecule has 6 rings (SSSR count). The Bertz CT molecular complexity index is 2170. The fraction of sp³-hybridized carbons (Fsp3) is 0.270. The van der Waals surface area contributed by atoms with Crippen LogP contribution in [0.25, 0.3) is 44.6 Å². The predicted octanol–water partition coefficient (Wildman–Crippen LogP) is 9.36. The van der Waals surface area contributed by atoms with Crippen LogP contribution in [0.15, 0.2) is 89.7 Å². The Kier molecular flexibility index (Phi) is 6.46. The number of rotatable bonds is 4. The van der Waals surface area contributed by atoms with Gasteiger partial charge < -0.3 is 14.4 Å². The smallest absolute Gasteiger partial charge is 0.216 e. The third kappa shape index (κ3) is 7.21. The normalized spacial score (nSPS) is 16.3. The van der Waals surface area contributed by atoms with Gasteiger partial charge in [0.15, 0.2) is 0 Å². The van der Waals surface area contributed by atoms with Gasteiger partial charge in [-0.1, -0.05) is 82.7 Å². The summed E-state index contributed by atoms with van der Waals surface area (Å²) in [6.45, 7) is 0.715. The first-order valence-corrected chi connectivity index (χ1v) is 17.1. The molecule has 0 unspecified atom stereocenters. The van der Waals surface area contributed by atoms with Gasteiger partial charge in [-0.25, -0.2) is 4.98 Å². The molecule has 0 spiro atoms. The van der Waals surface area contributed by atoms with Crippen LogP contribution in [-0.4, -0.2) is 23.0 Å². The van der Waals surface area contributed by atoms with Gasteiger partial charge in [-0.2, -0.15) is 0 Å². The molecule has 1 radical (unpaired) electrons. The van der Waals surface area contributed by atoms with Crippen molar-refractivity contribution in [2.45, 2.75) is 65.4 Å². The van der Waals surface area contributed by atoms with Crippen LogP contribution in [-0.2, 0) is 25.5 Å². The Hall–Kier alpha value is -3.44. The standard InChI is InChI=1S/C20H17N2O.C17H22NSi.Ir/c1-20(2,3)13-9-11-21-17(12-13)16-7-4-6-14-15-8-5-10-22-19(15)23-18(14)16;1-13(2)15-11-16(14-9-7-6-8-10-14)18-12-17(15)19(3,4)5;/h4-6,8-12H,1-3H3;6-9,11-13H,1-5H3;/q2*-1;/i1D3,2D3,3D3;13D;. The topological polar surface area (TPSA) is 51.8 Å². The van der Waals surface area contributed by atoms with E-state index in [0.29, 0.717) is 22.2 Å². The largest absolute Gasteiger partial charge is 0.486 e. The number of benzene rings is 2. The summed E-state index contributed by atoms with van der Waals surface area (Å²) >= 11 is 0. The summed E-state index contributed by atoms with van der Waals surface area (Å²) in [6, 6.07) is 25.4. The Morgan fingerprint density at radius 2 is 1.67 bits per heavy atom. The third-order valence-corrected chi connectivity index (χ3v) is 8.91. The molecule has 4 aromatic heterocycles. The molecule has 4 nitrogen and oxygen atoms in total. The maximum atomic E-state index is 8.44. The third-order valence-electron chi connectivity index (χ3n) is 6.89. The molecule has 6 aromatic rings. The van der Waals surface area contributed by atoms with E-state index in [-0.39, 0.29) is 31.4 Å². The van der Waals surface area contributed by atoms with Crippen LogP contribution >= 0.6 is 0 Å². The minimum absolute atomic E-state index is 0. The van der Waals surface area contributed by atoms with Gasteiger partial charge in [0.2, 0.25) is 5.71 Å². The first kappa shape index (κ1) is 21.3. The summed E-state index contributed by atoms with van der Waals surface area (Å²) in [5, 5.41) is 2.73. The van der Waals surface area contributed by atoms with Gasteiger partial charge in [-0.15, -0.1) is 54.1 Å². The van der Waals surface area contributed by atoms with Gasteiger partial charge in [0.05, 0.1) is 13.7 Å². The maximum absolute atomic E-state index is 8.44. The van der Waals surface area contributed by atoms with Crippen LogP contribution in [0.2, 0.25) is 19.6 Å². The molecule has 0 aliphatic heterocycles. The second kappa shape index (κ2) is 13.0. The number of hydrogen-bond acceptors (Lipinski definition) is 4. The average Bonchev–Trinajstić information content (AvgIpc) is 3.42. The molecule has 223 valence electrons. The van der Waals surface area contributed by atoms with E-state index in [9.17, 15) is 0 Å². The van der Waals surface area contributed by atoms with Crippen molar-refractivity contribution in [1.82, 2.24) is 15.0 Å². The Morgan fingerprint density at radius 1 is 0.860 bits per heavy atom. The van der Waals surface area contributed by atoms with Crippen molar-refractivity contribution in [2.24, 2.45) is 0 Å². The SMILES string of the molecule is [2H]C(C)(C)c1cc(-c2[c-]cccc2)ncc1[Si](C)(C)C.[2H]C([2H])([2H])C(c1ccnc(-c2[c-]ccc3c2oc2ncccc23)c1)(C([2H])([2H])[2H])C([2H])([2H])[2H].[Ir]. The zero-order chi connectivity index (χ0) is 38.5. The summed E-state index contributed by atoms with van der Waals surface area (Å²) in [5.41, 5.74) is 0.694. The van der Waals surface area contributed by atoms with Gasteiger partial charge in [-0.05, 0) is 51.6 Å². The zero-order valence-electron chi connectivity index (χ0n) is 34.7. The summed E-state index contributed by atoms with van der Waals surface area (Å²) in [5.74, 6) is -0.609. The fourth-order valence-corrected chi connectivity index (χ4v) is 6.32. The first-order valence-electron chi connectivity index (χ1n) is 18.6. The summed E-state index contributed by atoms with van der Waals surface area (Å²) in [4.78, 5) is 13.0. The van der Waals surface area contributed by atoms with E-state index in [2.05, 4.69) is 52.8 Å². The fourth-order valence-electron chi connectivity index (χ4n) is 4.73. The first-order chi connectivity index (χ1) is 24.0. The van der Waals surface area contributed by atoms with Crippen LogP contribution in [0.3, 0.4) is 0 Å². The molecule has 2 aromatic carbocycles. The van der Waals surface area contributed by atoms with Crippen molar-refractivity contribution < 1.29 is 38.2 Å². The monoisotopic (exact) mass is 772 g/mol. The summed E-state index contributed by atoms with van der Waals surface area (Å²) in [6.07, 6.45) is 4.74. The molecule has 0 bridgehead atoms. The molecule has 4 heterocycles. The van der Waals surface area contributed by atoms with Crippen molar-refractivity contribution in [2.75, 3.05) is 0 Å². The van der Waals surface area contributed by atoms with E-state index < -0.39 is 39.9 Å². The molecular weight excluding hydrogens is 723 g/mol. The van der Waals surface area contributed by atoms with Crippen LogP contribution < -0.4 is 5.19 Å². The molecule has 0 saturated heterocycles. The van der Waals surface area contributed by atoms with Crippen LogP contribution in [0, 0.1) is 12.1 Å². The number of furan rings is 1. The second-order valence-electron chi connectivity index (χ2n) is 11.4. The molecule has 43 heavy (non-hydrogen) atoms. The predicted molar refractivity (Wildman–Crippen MR) is 178 cm³/mol. The van der Waals surface area contributed by atoms with E-state index in [1.54, 1.807) is 24.4 Å². The number of fused-ring (bicyclic) bond motifs is 3. The summed E-state index contributed by atoms with van der Waals surface area (Å²) < 4.78 is 85.6. The quantitative estimate of drug-likeness (QED) is 0.133. The molecule has 0 aliphatic rings. The maximum Gasteiger partial charge on any atom is 0.216 e. The number of aromatic nitrogens is 3. The average molecular weight is 772 g/mol. The molecule has 0 atom stereocenters. The zero-order valence-corrected chi connectivity index (χ0v) is 28.1. The van der Waals surface area contributed by atoms with Crippen molar-refractivity contribution in [1.29, 1.82) is 0 Å². The van der Waals surface area contributed by atoms with Crippen molar-refractivity contribution in [3.05, 3.63) is 109 Å². The van der Waals surface area contributed by atoms with E-state index in [1.165, 1.54) is 17.4 Å². The number of nitrogens with zero attached hydrogens (tertiary/aromatic N) is 3. The minimum atomic E-state index is -3.36. The van der Waals surface area contributed by atoms with E-state index in [4.69, 9.17) is 18.1 Å². The van der Waals surface area contributed by atoms with Crippen LogP contribution in [0.1, 0.15) is 65.1 Å². The van der Waals surface area contributed by atoms with Gasteiger partial charge >= 0.3 is 0 Å². The van der Waals surface area contributed by atoms with Gasteiger partial charge in [0.25, 0.3) is 0 Å². The van der Waals surface area contributed by atoms with Gasteiger partial charge in [-0.3, -0.25) is 0 Å². The Balaban J connectivity index is 0.000000258. The Labute approximate surface area is 284 Å². The van der Waals surface area contributed by atoms with E-state index in [1.807, 2.05) is 50.4 Å². The van der Waals surface area contributed by atoms with Gasteiger partial charge in [0, 0.05) is 57.8 Å². The Morgan fingerprint density at radius 3 is 2.37 bits per heavy atom. The second-order valence-corrected chi connectivity index (χ2v) is 16.4. The minimum Gasteiger partial charge on any atom is -0.486 e. The van der Waals surface area contributed by atoms with Crippen LogP contribution in [0.4, 0.5) is 0 Å². The van der Waals surface area contributed by atoms with Crippen molar-refractivity contribution in [3.63, 3.8) is 0 Å². The molecule has 6 heteroatoms. The molecule has 0 saturated carbocycles. The number of hydrogen-bond donors (Lipinski definition) is 0. The molecular formula is C37H39IrN3OSi-2. The van der Waals surface area contributed by atoms with Gasteiger partial charge in [0.1, 0.15) is 0 Å². The van der Waals surface area contributed by atoms with E-state index in [0.717, 1.165) is 28.3 Å². The number of pyridine rings is 3. The molecule has 0 fully saturated rings.